The van der Waals surface area contributed by atoms with Gasteiger partial charge in [-0.2, -0.15) is 0 Å². The van der Waals surface area contributed by atoms with Crippen LogP contribution in [0, 0.1) is 0 Å². The van der Waals surface area contributed by atoms with Gasteiger partial charge in [0.05, 0.1) is 5.41 Å². The fraction of sp³-hybridized carbons (Fsp3) is 0.500. The van der Waals surface area contributed by atoms with Gasteiger partial charge in [-0.3, -0.25) is 14.5 Å². The highest BCUT2D eigenvalue weighted by Crippen LogP contribution is 2.38. The fourth-order valence-electron chi connectivity index (χ4n) is 2.88. The molecule has 0 spiro atoms. The van der Waals surface area contributed by atoms with E-state index in [1.807, 2.05) is 31.2 Å². The Labute approximate surface area is 114 Å². The van der Waals surface area contributed by atoms with Gasteiger partial charge >= 0.3 is 0 Å². The van der Waals surface area contributed by atoms with Gasteiger partial charge in [-0.1, -0.05) is 44.4 Å². The predicted molar refractivity (Wildman–Crippen MR) is 75.0 cm³/mol. The zero-order chi connectivity index (χ0) is 14.0. The van der Waals surface area contributed by atoms with Crippen LogP contribution >= 0.6 is 0 Å². The second kappa shape index (κ2) is 5.16. The quantitative estimate of drug-likeness (QED) is 0.615. The van der Waals surface area contributed by atoms with Crippen molar-refractivity contribution in [1.82, 2.24) is 4.90 Å². The molecule has 3 heteroatoms. The van der Waals surface area contributed by atoms with Crippen LogP contribution in [0.3, 0.4) is 0 Å². The van der Waals surface area contributed by atoms with E-state index < -0.39 is 5.41 Å². The van der Waals surface area contributed by atoms with E-state index in [9.17, 15) is 9.59 Å². The number of carbonyl (C=O) groups excluding carboxylic acids is 2. The number of imide groups is 1. The van der Waals surface area contributed by atoms with Crippen molar-refractivity contribution >= 4 is 11.8 Å². The predicted octanol–water partition coefficient (Wildman–Crippen LogP) is 3.14. The van der Waals surface area contributed by atoms with E-state index in [4.69, 9.17) is 0 Å². The first-order chi connectivity index (χ1) is 9.02. The Kier molecular flexibility index (Phi) is 3.74. The first-order valence-electron chi connectivity index (χ1n) is 6.94. The molecule has 2 amide bonds. The molecular weight excluding hydrogens is 238 g/mol. The number of benzene rings is 1. The van der Waals surface area contributed by atoms with Crippen LogP contribution in [-0.2, 0) is 10.2 Å². The number of carbonyl (C=O) groups is 2. The number of fused-ring (bicyclic) bond motifs is 1. The van der Waals surface area contributed by atoms with E-state index in [1.165, 1.54) is 4.90 Å². The van der Waals surface area contributed by atoms with Gasteiger partial charge in [-0.15, -0.1) is 0 Å². The number of nitrogens with zero attached hydrogens (tertiary/aromatic N) is 1. The highest BCUT2D eigenvalue weighted by Gasteiger charge is 2.45. The van der Waals surface area contributed by atoms with Gasteiger partial charge in [0.15, 0.2) is 0 Å². The third-order valence-corrected chi connectivity index (χ3v) is 4.11. The van der Waals surface area contributed by atoms with Crippen molar-refractivity contribution in [1.29, 1.82) is 0 Å². The zero-order valence-electron chi connectivity index (χ0n) is 11.9. The first-order valence-corrected chi connectivity index (χ1v) is 6.94. The van der Waals surface area contributed by atoms with Gasteiger partial charge in [0.2, 0.25) is 5.91 Å². The minimum Gasteiger partial charge on any atom is -0.281 e. The molecule has 1 heterocycles. The number of rotatable bonds is 4. The molecule has 1 aromatic rings. The van der Waals surface area contributed by atoms with Crippen molar-refractivity contribution in [2.45, 2.75) is 44.9 Å². The van der Waals surface area contributed by atoms with E-state index in [2.05, 4.69) is 6.92 Å². The Morgan fingerprint density at radius 3 is 2.53 bits per heavy atom. The smallest absolute Gasteiger partial charge is 0.260 e. The number of likely N-dealkylation sites (N-methyl/N-ethyl adjacent to an activating group) is 1. The maximum atomic E-state index is 12.5. The molecule has 2 rings (SSSR count). The van der Waals surface area contributed by atoms with Gasteiger partial charge in [-0.05, 0) is 25.0 Å². The molecule has 0 bridgehead atoms. The molecule has 1 aliphatic heterocycles. The fourth-order valence-corrected chi connectivity index (χ4v) is 2.88. The minimum atomic E-state index is -0.561. The van der Waals surface area contributed by atoms with Crippen molar-refractivity contribution in [2.24, 2.45) is 0 Å². The lowest BCUT2D eigenvalue weighted by Crippen LogP contribution is -2.51. The molecule has 0 aromatic heterocycles. The van der Waals surface area contributed by atoms with Crippen molar-refractivity contribution in [3.05, 3.63) is 35.4 Å². The zero-order valence-corrected chi connectivity index (χ0v) is 11.9. The van der Waals surface area contributed by atoms with Crippen molar-refractivity contribution < 1.29 is 9.59 Å². The summed E-state index contributed by atoms with van der Waals surface area (Å²) in [5.74, 6) is -0.263. The van der Waals surface area contributed by atoms with E-state index in [0.29, 0.717) is 5.56 Å². The molecule has 102 valence electrons. The Morgan fingerprint density at radius 1 is 1.16 bits per heavy atom. The molecule has 0 saturated carbocycles. The molecule has 1 atom stereocenters. The Hall–Kier alpha value is -1.64. The van der Waals surface area contributed by atoms with Gasteiger partial charge in [0, 0.05) is 12.6 Å². The average molecular weight is 259 g/mol. The molecule has 1 aromatic carbocycles. The van der Waals surface area contributed by atoms with E-state index in [0.717, 1.165) is 31.2 Å². The van der Waals surface area contributed by atoms with Gasteiger partial charge in [-0.25, -0.2) is 0 Å². The summed E-state index contributed by atoms with van der Waals surface area (Å²) in [5.41, 5.74) is 0.997. The maximum absolute atomic E-state index is 12.5. The number of hydrogen-bond donors (Lipinski definition) is 0. The van der Waals surface area contributed by atoms with Crippen molar-refractivity contribution in [3.8, 4) is 0 Å². The van der Waals surface area contributed by atoms with Gasteiger partial charge < -0.3 is 0 Å². The molecule has 0 saturated heterocycles. The Bertz CT molecular complexity index is 509. The van der Waals surface area contributed by atoms with Crippen LogP contribution in [0.4, 0.5) is 0 Å². The highest BCUT2D eigenvalue weighted by molar-refractivity contribution is 6.12. The summed E-state index contributed by atoms with van der Waals surface area (Å²) in [5, 5.41) is 0. The molecular formula is C16H21NO2. The first kappa shape index (κ1) is 13.8. The second-order valence-corrected chi connectivity index (χ2v) is 5.50. The SMILES string of the molecule is CCCCCC1(C)C(=O)N(C)C(=O)c2ccccc21. The summed E-state index contributed by atoms with van der Waals surface area (Å²) in [7, 11) is 1.58. The van der Waals surface area contributed by atoms with Crippen molar-refractivity contribution in [2.75, 3.05) is 7.05 Å². The number of unbranched alkanes of at least 4 members (excludes halogenated alkanes) is 2. The van der Waals surface area contributed by atoms with Crippen LogP contribution in [-0.4, -0.2) is 23.8 Å². The molecule has 1 unspecified atom stereocenters. The monoisotopic (exact) mass is 259 g/mol. The third-order valence-electron chi connectivity index (χ3n) is 4.11. The summed E-state index contributed by atoms with van der Waals surface area (Å²) in [6.07, 6.45) is 4.05. The van der Waals surface area contributed by atoms with Crippen LogP contribution in [0.5, 0.6) is 0 Å². The van der Waals surface area contributed by atoms with Crippen LogP contribution in [0.25, 0.3) is 0 Å². The van der Waals surface area contributed by atoms with Crippen LogP contribution < -0.4 is 0 Å². The number of hydrogen-bond acceptors (Lipinski definition) is 2. The summed E-state index contributed by atoms with van der Waals surface area (Å²) in [6, 6.07) is 7.50. The lowest BCUT2D eigenvalue weighted by Gasteiger charge is -2.38. The second-order valence-electron chi connectivity index (χ2n) is 5.50. The Balaban J connectivity index is 2.44. The third kappa shape index (κ3) is 2.18. The normalized spacial score (nSPS) is 22.6. The van der Waals surface area contributed by atoms with E-state index in [1.54, 1.807) is 7.05 Å². The van der Waals surface area contributed by atoms with Gasteiger partial charge in [0.1, 0.15) is 0 Å². The van der Waals surface area contributed by atoms with Crippen LogP contribution in [0.1, 0.15) is 55.5 Å². The maximum Gasteiger partial charge on any atom is 0.260 e. The minimum absolute atomic E-state index is 0.0766. The molecule has 0 N–H and O–H groups in total. The Morgan fingerprint density at radius 2 is 1.84 bits per heavy atom. The summed E-state index contributed by atoms with van der Waals surface area (Å²) in [6.45, 7) is 4.11. The van der Waals surface area contributed by atoms with E-state index in [-0.39, 0.29) is 11.8 Å². The lowest BCUT2D eigenvalue weighted by molar-refractivity contribution is -0.134. The highest BCUT2D eigenvalue weighted by atomic mass is 16.2. The number of amides is 2. The largest absolute Gasteiger partial charge is 0.281 e. The lowest BCUT2D eigenvalue weighted by atomic mass is 9.72. The molecule has 1 aliphatic rings. The standard InChI is InChI=1S/C16H21NO2/c1-4-5-8-11-16(2)13-10-7-6-9-12(13)14(18)17(3)15(16)19/h6-7,9-10H,4-5,8,11H2,1-3H3. The topological polar surface area (TPSA) is 37.4 Å². The average Bonchev–Trinajstić information content (AvgIpc) is 2.43. The van der Waals surface area contributed by atoms with Crippen LogP contribution in [0.2, 0.25) is 0 Å². The molecule has 19 heavy (non-hydrogen) atoms. The van der Waals surface area contributed by atoms with E-state index >= 15 is 0 Å². The molecule has 0 radical (unpaired) electrons. The molecule has 0 aliphatic carbocycles. The van der Waals surface area contributed by atoms with Gasteiger partial charge in [0.25, 0.3) is 5.91 Å². The molecule has 0 fully saturated rings. The molecule has 3 nitrogen and oxygen atoms in total. The summed E-state index contributed by atoms with van der Waals surface area (Å²) in [4.78, 5) is 25.9. The summed E-state index contributed by atoms with van der Waals surface area (Å²) >= 11 is 0. The van der Waals surface area contributed by atoms with Crippen molar-refractivity contribution in [3.63, 3.8) is 0 Å². The van der Waals surface area contributed by atoms with Crippen LogP contribution in [0.15, 0.2) is 24.3 Å². The summed E-state index contributed by atoms with van der Waals surface area (Å²) < 4.78 is 0.